The molecule has 0 spiro atoms. The first kappa shape index (κ1) is 15.9. The van der Waals surface area contributed by atoms with Crippen LogP contribution in [0, 0.1) is 0 Å². The molecule has 6 nitrogen and oxygen atoms in total. The maximum Gasteiger partial charge on any atom is 0.238 e. The lowest BCUT2D eigenvalue weighted by molar-refractivity contribution is 0.414. The van der Waals surface area contributed by atoms with E-state index in [1.54, 1.807) is 37.4 Å². The Hall–Kier alpha value is -2.99. The fraction of sp³-hybridized carbons (Fsp3) is 0.167. The first-order valence-corrected chi connectivity index (χ1v) is 7.42. The molecule has 3 aromatic rings. The van der Waals surface area contributed by atoms with Gasteiger partial charge in [0.05, 0.1) is 7.11 Å². The van der Waals surface area contributed by atoms with Crippen molar-refractivity contribution in [3.05, 3.63) is 52.2 Å². The molecule has 0 radical (unpaired) electrons. The zero-order chi connectivity index (χ0) is 17.3. The number of hydrogen-bond donors (Lipinski definition) is 3. The molecule has 0 saturated heterocycles. The van der Waals surface area contributed by atoms with E-state index in [4.69, 9.17) is 14.9 Å². The van der Waals surface area contributed by atoms with Gasteiger partial charge < -0.3 is 25.1 Å². The fourth-order valence-corrected chi connectivity index (χ4v) is 2.61. The van der Waals surface area contributed by atoms with Crippen molar-refractivity contribution in [3.63, 3.8) is 0 Å². The van der Waals surface area contributed by atoms with E-state index in [0.29, 0.717) is 29.8 Å². The Morgan fingerprint density at radius 1 is 1.12 bits per heavy atom. The van der Waals surface area contributed by atoms with Crippen LogP contribution in [0.5, 0.6) is 17.2 Å². The summed E-state index contributed by atoms with van der Waals surface area (Å²) < 4.78 is 10.9. The van der Waals surface area contributed by atoms with E-state index in [9.17, 15) is 15.0 Å². The predicted molar refractivity (Wildman–Crippen MR) is 90.6 cm³/mol. The summed E-state index contributed by atoms with van der Waals surface area (Å²) in [5.74, 6) is -0.106. The third-order valence-electron chi connectivity index (χ3n) is 3.84. The van der Waals surface area contributed by atoms with E-state index in [1.165, 1.54) is 6.07 Å². The molecule has 3 rings (SSSR count). The van der Waals surface area contributed by atoms with E-state index < -0.39 is 11.2 Å². The fourth-order valence-electron chi connectivity index (χ4n) is 2.61. The number of aromatic hydroxyl groups is 2. The normalized spacial score (nSPS) is 10.9. The molecule has 0 atom stereocenters. The van der Waals surface area contributed by atoms with Crippen molar-refractivity contribution in [2.45, 2.75) is 6.42 Å². The number of rotatable bonds is 4. The van der Waals surface area contributed by atoms with E-state index in [-0.39, 0.29) is 22.5 Å². The van der Waals surface area contributed by atoms with Gasteiger partial charge in [0.25, 0.3) is 0 Å². The highest BCUT2D eigenvalue weighted by Gasteiger charge is 2.19. The lowest BCUT2D eigenvalue weighted by Crippen LogP contribution is -2.07. The molecular formula is C18H17NO5. The Morgan fingerprint density at radius 2 is 1.83 bits per heavy atom. The Bertz CT molecular complexity index is 944. The molecule has 124 valence electrons. The first-order valence-electron chi connectivity index (χ1n) is 7.42. The van der Waals surface area contributed by atoms with E-state index >= 15 is 0 Å². The van der Waals surface area contributed by atoms with Crippen LogP contribution in [0.2, 0.25) is 0 Å². The third kappa shape index (κ3) is 2.57. The Balaban J connectivity index is 2.30. The molecule has 1 heterocycles. The van der Waals surface area contributed by atoms with Crippen LogP contribution in [0.15, 0.2) is 45.6 Å². The average Bonchev–Trinajstić information content (AvgIpc) is 2.60. The molecule has 6 heteroatoms. The van der Waals surface area contributed by atoms with Gasteiger partial charge in [0.15, 0.2) is 5.76 Å². The molecule has 0 unspecified atom stereocenters. The summed E-state index contributed by atoms with van der Waals surface area (Å²) in [5.41, 5.74) is 6.36. The first-order chi connectivity index (χ1) is 11.6. The van der Waals surface area contributed by atoms with Gasteiger partial charge in [-0.15, -0.1) is 0 Å². The Kier molecular flexibility index (Phi) is 4.14. The van der Waals surface area contributed by atoms with Crippen LogP contribution in [-0.2, 0) is 6.42 Å². The average molecular weight is 327 g/mol. The molecule has 24 heavy (non-hydrogen) atoms. The van der Waals surface area contributed by atoms with Crippen LogP contribution in [0.1, 0.15) is 5.56 Å². The number of phenols is 1. The Labute approximate surface area is 137 Å². The molecule has 4 N–H and O–H groups in total. The molecule has 0 saturated carbocycles. The lowest BCUT2D eigenvalue weighted by atomic mass is 10.0. The van der Waals surface area contributed by atoms with Crippen LogP contribution >= 0.6 is 0 Å². The second kappa shape index (κ2) is 6.25. The zero-order valence-corrected chi connectivity index (χ0v) is 13.1. The summed E-state index contributed by atoms with van der Waals surface area (Å²) in [6.45, 7) is 0.363. The van der Waals surface area contributed by atoms with Crippen molar-refractivity contribution in [1.82, 2.24) is 0 Å². The van der Waals surface area contributed by atoms with Gasteiger partial charge in [0, 0.05) is 5.56 Å². The van der Waals surface area contributed by atoms with Gasteiger partial charge in [-0.3, -0.25) is 4.79 Å². The number of benzene rings is 2. The number of phenolic OH excluding ortho intramolecular Hbond substituents is 1. The summed E-state index contributed by atoms with van der Waals surface area (Å²) in [5, 5.41) is 20.2. The van der Waals surface area contributed by atoms with Crippen molar-refractivity contribution in [2.75, 3.05) is 13.7 Å². The molecule has 2 aromatic carbocycles. The highest BCUT2D eigenvalue weighted by Crippen LogP contribution is 2.35. The summed E-state index contributed by atoms with van der Waals surface area (Å²) in [6, 6.07) is 9.80. The maximum absolute atomic E-state index is 12.5. The highest BCUT2D eigenvalue weighted by molar-refractivity contribution is 5.89. The summed E-state index contributed by atoms with van der Waals surface area (Å²) in [4.78, 5) is 12.5. The summed E-state index contributed by atoms with van der Waals surface area (Å²) in [7, 11) is 1.55. The van der Waals surface area contributed by atoms with Crippen LogP contribution < -0.4 is 15.9 Å². The minimum atomic E-state index is -0.682. The van der Waals surface area contributed by atoms with Gasteiger partial charge in [0.1, 0.15) is 22.5 Å². The number of ether oxygens (including phenoxy) is 1. The van der Waals surface area contributed by atoms with Crippen molar-refractivity contribution >= 4 is 11.0 Å². The van der Waals surface area contributed by atoms with Crippen molar-refractivity contribution < 1.29 is 19.4 Å². The summed E-state index contributed by atoms with van der Waals surface area (Å²) >= 11 is 0. The predicted octanol–water partition coefficient (Wildman–Crippen LogP) is 2.38. The van der Waals surface area contributed by atoms with E-state index in [1.807, 2.05) is 0 Å². The SMILES string of the molecule is COc1ccc(-c2oc3c(CCN)ccc(O)c3c(=O)c2O)cc1. The standard InChI is InChI=1S/C18H17NO5/c1-23-12-5-2-10(3-6-12)18-16(22)15(21)14-13(20)7-4-11(8-9-19)17(14)24-18/h2-7,20,22H,8-9,19H2,1H3. The minimum absolute atomic E-state index is 0.0408. The smallest absolute Gasteiger partial charge is 0.238 e. The monoisotopic (exact) mass is 327 g/mol. The zero-order valence-electron chi connectivity index (χ0n) is 13.1. The van der Waals surface area contributed by atoms with Crippen molar-refractivity contribution in [1.29, 1.82) is 0 Å². The molecule has 0 aliphatic carbocycles. The number of methoxy groups -OCH3 is 1. The quantitative estimate of drug-likeness (QED) is 0.679. The molecular weight excluding hydrogens is 310 g/mol. The van der Waals surface area contributed by atoms with Crippen molar-refractivity contribution in [2.24, 2.45) is 5.73 Å². The van der Waals surface area contributed by atoms with Crippen LogP contribution in [0.25, 0.3) is 22.3 Å². The molecule has 0 aliphatic rings. The lowest BCUT2D eigenvalue weighted by Gasteiger charge is -2.10. The van der Waals surface area contributed by atoms with E-state index in [2.05, 4.69) is 0 Å². The maximum atomic E-state index is 12.5. The molecule has 0 fully saturated rings. The topological polar surface area (TPSA) is 106 Å². The number of hydrogen-bond acceptors (Lipinski definition) is 6. The number of fused-ring (bicyclic) bond motifs is 1. The van der Waals surface area contributed by atoms with Gasteiger partial charge in [0.2, 0.25) is 11.2 Å². The van der Waals surface area contributed by atoms with Crippen LogP contribution in [0.4, 0.5) is 0 Å². The van der Waals surface area contributed by atoms with Gasteiger partial charge in [-0.25, -0.2) is 0 Å². The molecule has 0 bridgehead atoms. The molecule has 0 amide bonds. The third-order valence-corrected chi connectivity index (χ3v) is 3.84. The van der Waals surface area contributed by atoms with Gasteiger partial charge >= 0.3 is 0 Å². The summed E-state index contributed by atoms with van der Waals surface area (Å²) in [6.07, 6.45) is 0.479. The van der Waals surface area contributed by atoms with Gasteiger partial charge in [-0.05, 0) is 48.9 Å². The van der Waals surface area contributed by atoms with Gasteiger partial charge in [-0.1, -0.05) is 6.07 Å². The number of nitrogens with two attached hydrogens (primary N) is 1. The van der Waals surface area contributed by atoms with Gasteiger partial charge in [-0.2, -0.15) is 0 Å². The second-order valence-corrected chi connectivity index (χ2v) is 5.32. The van der Waals surface area contributed by atoms with Crippen LogP contribution in [-0.4, -0.2) is 23.9 Å². The van der Waals surface area contributed by atoms with Crippen LogP contribution in [0.3, 0.4) is 0 Å². The molecule has 1 aromatic heterocycles. The molecule has 0 aliphatic heterocycles. The van der Waals surface area contributed by atoms with E-state index in [0.717, 1.165) is 0 Å². The highest BCUT2D eigenvalue weighted by atomic mass is 16.5. The minimum Gasteiger partial charge on any atom is -0.507 e. The second-order valence-electron chi connectivity index (χ2n) is 5.32. The Morgan fingerprint density at radius 3 is 2.46 bits per heavy atom. The largest absolute Gasteiger partial charge is 0.507 e. The van der Waals surface area contributed by atoms with Crippen molar-refractivity contribution in [3.8, 4) is 28.6 Å².